The van der Waals surface area contributed by atoms with E-state index < -0.39 is 10.0 Å². The van der Waals surface area contributed by atoms with E-state index in [1.165, 1.54) is 0 Å². The minimum Gasteiger partial charge on any atom is -0.326 e. The van der Waals surface area contributed by atoms with E-state index in [0.29, 0.717) is 17.6 Å². The molecule has 0 saturated carbocycles. The Balaban J connectivity index is 2.90. The minimum absolute atomic E-state index is 0.0587. The van der Waals surface area contributed by atoms with Gasteiger partial charge in [-0.1, -0.05) is 33.8 Å². The van der Waals surface area contributed by atoms with E-state index in [9.17, 15) is 8.42 Å². The van der Waals surface area contributed by atoms with Gasteiger partial charge in [-0.2, -0.15) is 0 Å². The van der Waals surface area contributed by atoms with Crippen molar-refractivity contribution in [1.29, 1.82) is 0 Å². The van der Waals surface area contributed by atoms with Crippen molar-refractivity contribution < 1.29 is 8.42 Å². The summed E-state index contributed by atoms with van der Waals surface area (Å²) in [6.07, 6.45) is 0. The Morgan fingerprint density at radius 3 is 2.40 bits per heavy atom. The highest BCUT2D eigenvalue weighted by atomic mass is 79.9. The lowest BCUT2D eigenvalue weighted by Gasteiger charge is -2.27. The largest absolute Gasteiger partial charge is 0.326 e. The molecule has 1 aromatic rings. The molecule has 0 aromatic heterocycles. The summed E-state index contributed by atoms with van der Waals surface area (Å²) in [5.41, 5.74) is 6.48. The van der Waals surface area contributed by atoms with Crippen LogP contribution in [0.3, 0.4) is 0 Å². The Hall–Kier alpha value is -0.430. The molecule has 3 N–H and O–H groups in total. The summed E-state index contributed by atoms with van der Waals surface area (Å²) in [6.45, 7) is 9.12. The molecular weight excluding hydrogens is 340 g/mol. The van der Waals surface area contributed by atoms with Gasteiger partial charge in [-0.15, -0.1) is 0 Å². The molecule has 0 aliphatic heterocycles. The summed E-state index contributed by atoms with van der Waals surface area (Å²) >= 11 is 3.30. The maximum Gasteiger partial charge on any atom is 0.241 e. The molecule has 0 spiro atoms. The van der Waals surface area contributed by atoms with Crippen LogP contribution in [0.2, 0.25) is 0 Å². The van der Waals surface area contributed by atoms with Crippen LogP contribution in [-0.4, -0.2) is 15.0 Å². The quantitative estimate of drug-likeness (QED) is 0.845. The maximum absolute atomic E-state index is 12.3. The molecule has 1 unspecified atom stereocenters. The normalized spacial score (nSPS) is 14.3. The van der Waals surface area contributed by atoms with Crippen LogP contribution in [0.5, 0.6) is 0 Å². The van der Waals surface area contributed by atoms with Crippen molar-refractivity contribution in [3.8, 4) is 0 Å². The number of hydrogen-bond acceptors (Lipinski definition) is 3. The highest BCUT2D eigenvalue weighted by Gasteiger charge is 2.23. The lowest BCUT2D eigenvalue weighted by Crippen LogP contribution is -2.33. The lowest BCUT2D eigenvalue weighted by atomic mass is 9.82. The van der Waals surface area contributed by atoms with Gasteiger partial charge in [0.1, 0.15) is 0 Å². The van der Waals surface area contributed by atoms with Crippen molar-refractivity contribution in [2.24, 2.45) is 17.1 Å². The van der Waals surface area contributed by atoms with Crippen molar-refractivity contribution in [1.82, 2.24) is 4.72 Å². The van der Waals surface area contributed by atoms with Gasteiger partial charge < -0.3 is 5.73 Å². The molecule has 0 amide bonds. The predicted molar refractivity (Wildman–Crippen MR) is 85.8 cm³/mol. The summed E-state index contributed by atoms with van der Waals surface area (Å²) < 4.78 is 27.8. The second-order valence-corrected chi connectivity index (χ2v) is 8.68. The molecule has 20 heavy (non-hydrogen) atoms. The van der Waals surface area contributed by atoms with E-state index in [1.54, 1.807) is 18.2 Å². The van der Waals surface area contributed by atoms with E-state index in [4.69, 9.17) is 5.73 Å². The van der Waals surface area contributed by atoms with Crippen LogP contribution in [0.25, 0.3) is 0 Å². The molecule has 0 bridgehead atoms. The third kappa shape index (κ3) is 4.55. The SMILES string of the molecule is CC(CNS(=O)(=O)c1ccc(CN)cc1Br)C(C)(C)C. The molecule has 1 rings (SSSR count). The summed E-state index contributed by atoms with van der Waals surface area (Å²) in [5, 5.41) is 0. The number of rotatable bonds is 5. The Morgan fingerprint density at radius 2 is 1.95 bits per heavy atom. The first kappa shape index (κ1) is 17.6. The van der Waals surface area contributed by atoms with E-state index in [-0.39, 0.29) is 16.2 Å². The van der Waals surface area contributed by atoms with Gasteiger partial charge in [-0.3, -0.25) is 0 Å². The van der Waals surface area contributed by atoms with Crippen LogP contribution < -0.4 is 10.5 Å². The standard InChI is InChI=1S/C14H23BrN2O2S/c1-10(14(2,3)4)9-17-20(18,19)13-6-5-11(8-16)7-12(13)15/h5-7,10,17H,8-9,16H2,1-4H3. The molecule has 1 atom stereocenters. The van der Waals surface area contributed by atoms with Crippen LogP contribution >= 0.6 is 15.9 Å². The van der Waals surface area contributed by atoms with Crippen LogP contribution in [0, 0.1) is 11.3 Å². The smallest absolute Gasteiger partial charge is 0.241 e. The zero-order valence-electron chi connectivity index (χ0n) is 12.4. The molecule has 6 heteroatoms. The fourth-order valence-electron chi connectivity index (χ4n) is 1.51. The summed E-state index contributed by atoms with van der Waals surface area (Å²) in [6, 6.07) is 5.05. The Bertz CT molecular complexity index is 565. The van der Waals surface area contributed by atoms with E-state index in [0.717, 1.165) is 5.56 Å². The zero-order chi connectivity index (χ0) is 15.6. The molecular formula is C14H23BrN2O2S. The van der Waals surface area contributed by atoms with Gasteiger partial charge in [-0.25, -0.2) is 13.1 Å². The van der Waals surface area contributed by atoms with E-state index in [2.05, 4.69) is 41.4 Å². The first-order valence-corrected chi connectivity index (χ1v) is 8.83. The predicted octanol–water partition coefficient (Wildman–Crippen LogP) is 2.87. The fourth-order valence-corrected chi connectivity index (χ4v) is 3.76. The van der Waals surface area contributed by atoms with Gasteiger partial charge in [0, 0.05) is 17.6 Å². The minimum atomic E-state index is -3.51. The van der Waals surface area contributed by atoms with Gasteiger partial charge in [0.2, 0.25) is 10.0 Å². The third-order valence-electron chi connectivity index (χ3n) is 3.58. The topological polar surface area (TPSA) is 72.2 Å². The lowest BCUT2D eigenvalue weighted by molar-refractivity contribution is 0.263. The number of nitrogens with two attached hydrogens (primary N) is 1. The zero-order valence-corrected chi connectivity index (χ0v) is 14.8. The second-order valence-electron chi connectivity index (χ2n) is 6.09. The van der Waals surface area contributed by atoms with Crippen molar-refractivity contribution in [2.45, 2.75) is 39.1 Å². The summed E-state index contributed by atoms with van der Waals surface area (Å²) in [5.74, 6) is 0.236. The van der Waals surface area contributed by atoms with E-state index in [1.807, 2.05) is 6.92 Å². The average molecular weight is 363 g/mol. The molecule has 0 radical (unpaired) electrons. The van der Waals surface area contributed by atoms with Gasteiger partial charge in [-0.05, 0) is 45.0 Å². The summed E-state index contributed by atoms with van der Waals surface area (Å²) in [4.78, 5) is 0.246. The fraction of sp³-hybridized carbons (Fsp3) is 0.571. The van der Waals surface area contributed by atoms with Crippen LogP contribution in [0.4, 0.5) is 0 Å². The number of benzene rings is 1. The second kappa shape index (κ2) is 6.56. The molecule has 1 aromatic carbocycles. The maximum atomic E-state index is 12.3. The van der Waals surface area contributed by atoms with Gasteiger partial charge in [0.05, 0.1) is 4.90 Å². The van der Waals surface area contributed by atoms with Crippen LogP contribution in [0.15, 0.2) is 27.6 Å². The van der Waals surface area contributed by atoms with Crippen molar-refractivity contribution >= 4 is 26.0 Å². The first-order chi connectivity index (χ1) is 9.08. The Labute approximate surface area is 130 Å². The van der Waals surface area contributed by atoms with Gasteiger partial charge in [0.25, 0.3) is 0 Å². The number of sulfonamides is 1. The molecule has 0 saturated heterocycles. The molecule has 114 valence electrons. The monoisotopic (exact) mass is 362 g/mol. The number of hydrogen-bond donors (Lipinski definition) is 2. The van der Waals surface area contributed by atoms with E-state index >= 15 is 0 Å². The Morgan fingerprint density at radius 1 is 1.35 bits per heavy atom. The number of nitrogens with one attached hydrogen (secondary N) is 1. The average Bonchev–Trinajstić information content (AvgIpc) is 2.34. The molecule has 0 aliphatic carbocycles. The van der Waals surface area contributed by atoms with Crippen molar-refractivity contribution in [2.75, 3.05) is 6.54 Å². The molecule has 4 nitrogen and oxygen atoms in total. The molecule has 0 aliphatic rings. The summed E-state index contributed by atoms with van der Waals surface area (Å²) in [7, 11) is -3.51. The molecule has 0 heterocycles. The van der Waals surface area contributed by atoms with Gasteiger partial charge in [0.15, 0.2) is 0 Å². The van der Waals surface area contributed by atoms with Gasteiger partial charge >= 0.3 is 0 Å². The van der Waals surface area contributed by atoms with Crippen LogP contribution in [-0.2, 0) is 16.6 Å². The van der Waals surface area contributed by atoms with Crippen molar-refractivity contribution in [3.63, 3.8) is 0 Å². The number of halogens is 1. The molecule has 0 fully saturated rings. The Kier molecular flexibility index (Phi) is 5.78. The highest BCUT2D eigenvalue weighted by Crippen LogP contribution is 2.26. The third-order valence-corrected chi connectivity index (χ3v) is 5.98. The van der Waals surface area contributed by atoms with Crippen molar-refractivity contribution in [3.05, 3.63) is 28.2 Å². The highest BCUT2D eigenvalue weighted by molar-refractivity contribution is 9.10. The van der Waals surface area contributed by atoms with Crippen LogP contribution in [0.1, 0.15) is 33.3 Å². The first-order valence-electron chi connectivity index (χ1n) is 6.56.